The van der Waals surface area contributed by atoms with Crippen LogP contribution in [0.5, 0.6) is 0 Å². The first-order chi connectivity index (χ1) is 8.12. The topological polar surface area (TPSA) is 41.1 Å². The van der Waals surface area contributed by atoms with E-state index in [9.17, 15) is 4.79 Å². The Morgan fingerprint density at radius 2 is 1.94 bits per heavy atom. The summed E-state index contributed by atoms with van der Waals surface area (Å²) in [5.74, 6) is 0.905. The molecule has 18 heavy (non-hydrogen) atoms. The number of carbonyl (C=O) groups is 1. The van der Waals surface area contributed by atoms with Crippen molar-refractivity contribution in [2.24, 2.45) is 5.92 Å². The van der Waals surface area contributed by atoms with Crippen molar-refractivity contribution in [3.8, 4) is 0 Å². The van der Waals surface area contributed by atoms with Crippen molar-refractivity contribution < 1.29 is 4.79 Å². The highest BCUT2D eigenvalue weighted by Gasteiger charge is 2.35. The zero-order chi connectivity index (χ0) is 12.3. The molecule has 1 heterocycles. The zero-order valence-corrected chi connectivity index (χ0v) is 12.4. The maximum absolute atomic E-state index is 12.3. The number of hydrogen-bond acceptors (Lipinski definition) is 2. The number of amides is 1. The van der Waals surface area contributed by atoms with E-state index in [2.05, 4.69) is 17.6 Å². The number of hydrogen-bond donors (Lipinski definition) is 2. The van der Waals surface area contributed by atoms with Gasteiger partial charge in [0.2, 0.25) is 5.91 Å². The van der Waals surface area contributed by atoms with Gasteiger partial charge in [0.15, 0.2) is 0 Å². The minimum atomic E-state index is -0.328. The van der Waals surface area contributed by atoms with E-state index in [1.54, 1.807) is 0 Å². The minimum absolute atomic E-state index is 0. The lowest BCUT2D eigenvalue weighted by atomic mass is 9.89. The molecule has 3 nitrogen and oxygen atoms in total. The molecule has 1 aliphatic carbocycles. The molecule has 0 spiro atoms. The molecule has 0 aromatic rings. The van der Waals surface area contributed by atoms with Gasteiger partial charge in [-0.05, 0) is 58.4 Å². The van der Waals surface area contributed by atoms with Crippen molar-refractivity contribution in [2.75, 3.05) is 6.54 Å². The van der Waals surface area contributed by atoms with Gasteiger partial charge in [0.05, 0.1) is 5.54 Å². The summed E-state index contributed by atoms with van der Waals surface area (Å²) in [5.41, 5.74) is -0.328. The van der Waals surface area contributed by atoms with Gasteiger partial charge < -0.3 is 10.6 Å². The molecule has 4 heteroatoms. The lowest BCUT2D eigenvalue weighted by molar-refractivity contribution is -0.128. The third-order valence-electron chi connectivity index (χ3n) is 4.59. The van der Waals surface area contributed by atoms with Crippen LogP contribution in [0.1, 0.15) is 58.8 Å². The second-order valence-electron chi connectivity index (χ2n) is 6.02. The van der Waals surface area contributed by atoms with E-state index in [1.165, 1.54) is 32.1 Å². The van der Waals surface area contributed by atoms with E-state index >= 15 is 0 Å². The van der Waals surface area contributed by atoms with Crippen molar-refractivity contribution in [2.45, 2.75) is 70.4 Å². The third kappa shape index (κ3) is 3.61. The molecule has 1 aliphatic heterocycles. The Morgan fingerprint density at radius 3 is 2.50 bits per heavy atom. The summed E-state index contributed by atoms with van der Waals surface area (Å²) < 4.78 is 0. The predicted molar refractivity (Wildman–Crippen MR) is 77.1 cm³/mol. The fourth-order valence-corrected chi connectivity index (χ4v) is 3.19. The van der Waals surface area contributed by atoms with Crippen molar-refractivity contribution >= 4 is 18.3 Å². The maximum atomic E-state index is 12.3. The van der Waals surface area contributed by atoms with Crippen LogP contribution in [-0.4, -0.2) is 24.0 Å². The van der Waals surface area contributed by atoms with Crippen LogP contribution in [0.25, 0.3) is 0 Å². The van der Waals surface area contributed by atoms with Crippen LogP contribution < -0.4 is 10.6 Å². The molecule has 2 rings (SSSR count). The number of rotatable bonds is 3. The summed E-state index contributed by atoms with van der Waals surface area (Å²) in [4.78, 5) is 12.3. The van der Waals surface area contributed by atoms with Gasteiger partial charge in [-0.2, -0.15) is 0 Å². The Morgan fingerprint density at radius 1 is 1.28 bits per heavy atom. The largest absolute Gasteiger partial charge is 0.352 e. The van der Waals surface area contributed by atoms with Gasteiger partial charge >= 0.3 is 0 Å². The number of halogens is 1. The summed E-state index contributed by atoms with van der Waals surface area (Å²) in [5, 5.41) is 6.61. The number of carbonyl (C=O) groups excluding carboxylic acids is 1. The molecule has 2 N–H and O–H groups in total. The van der Waals surface area contributed by atoms with Gasteiger partial charge in [-0.25, -0.2) is 0 Å². The van der Waals surface area contributed by atoms with Gasteiger partial charge in [0.1, 0.15) is 0 Å². The molecule has 2 unspecified atom stereocenters. The molecule has 1 saturated carbocycles. The van der Waals surface area contributed by atoms with Gasteiger partial charge in [0.25, 0.3) is 0 Å². The van der Waals surface area contributed by atoms with Crippen LogP contribution in [0.3, 0.4) is 0 Å². The quantitative estimate of drug-likeness (QED) is 0.831. The van der Waals surface area contributed by atoms with E-state index < -0.39 is 0 Å². The van der Waals surface area contributed by atoms with Crippen LogP contribution in [0.2, 0.25) is 0 Å². The fraction of sp³-hybridized carbons (Fsp3) is 0.929. The van der Waals surface area contributed by atoms with Crippen LogP contribution in [0.4, 0.5) is 0 Å². The normalized spacial score (nSPS) is 30.6. The van der Waals surface area contributed by atoms with Crippen LogP contribution in [0, 0.1) is 5.92 Å². The Labute approximate surface area is 117 Å². The summed E-state index contributed by atoms with van der Waals surface area (Å²) in [6.07, 6.45) is 8.56. The van der Waals surface area contributed by atoms with E-state index in [0.717, 1.165) is 19.4 Å². The second kappa shape index (κ2) is 6.76. The average molecular weight is 275 g/mol. The molecule has 2 atom stereocenters. The first kappa shape index (κ1) is 15.8. The van der Waals surface area contributed by atoms with E-state index in [4.69, 9.17) is 0 Å². The molecule has 1 saturated heterocycles. The first-order valence-electron chi connectivity index (χ1n) is 7.18. The molecule has 0 radical (unpaired) electrons. The molecule has 0 aromatic carbocycles. The molecular weight excluding hydrogens is 248 g/mol. The first-order valence-corrected chi connectivity index (χ1v) is 7.18. The monoisotopic (exact) mass is 274 g/mol. The van der Waals surface area contributed by atoms with E-state index in [-0.39, 0.29) is 23.9 Å². The van der Waals surface area contributed by atoms with Crippen LogP contribution in [0.15, 0.2) is 0 Å². The lowest BCUT2D eigenvalue weighted by Gasteiger charge is -2.35. The highest BCUT2D eigenvalue weighted by Crippen LogP contribution is 2.28. The summed E-state index contributed by atoms with van der Waals surface area (Å²) in [6, 6.07) is 0.338. The smallest absolute Gasteiger partial charge is 0.240 e. The van der Waals surface area contributed by atoms with Crippen LogP contribution in [-0.2, 0) is 4.79 Å². The van der Waals surface area contributed by atoms with E-state index in [0.29, 0.717) is 12.0 Å². The molecule has 0 aromatic heterocycles. The van der Waals surface area contributed by atoms with Gasteiger partial charge in [0, 0.05) is 6.04 Å². The van der Waals surface area contributed by atoms with Gasteiger partial charge in [-0.3, -0.25) is 4.79 Å². The van der Waals surface area contributed by atoms with Crippen molar-refractivity contribution in [3.05, 3.63) is 0 Å². The van der Waals surface area contributed by atoms with Gasteiger partial charge in [-0.15, -0.1) is 12.4 Å². The molecule has 106 valence electrons. The van der Waals surface area contributed by atoms with Crippen LogP contribution >= 0.6 is 12.4 Å². The van der Waals surface area contributed by atoms with Crippen molar-refractivity contribution in [3.63, 3.8) is 0 Å². The van der Waals surface area contributed by atoms with E-state index in [1.807, 2.05) is 6.92 Å². The number of piperidine rings is 1. The number of nitrogens with one attached hydrogen (secondary N) is 2. The summed E-state index contributed by atoms with van der Waals surface area (Å²) in [6.45, 7) is 5.19. The molecular formula is C14H27ClN2O. The van der Waals surface area contributed by atoms with Crippen molar-refractivity contribution in [1.82, 2.24) is 10.6 Å². The Kier molecular flexibility index (Phi) is 5.93. The zero-order valence-electron chi connectivity index (χ0n) is 11.6. The molecule has 2 fully saturated rings. The fourth-order valence-electron chi connectivity index (χ4n) is 3.19. The second-order valence-corrected chi connectivity index (χ2v) is 6.02. The highest BCUT2D eigenvalue weighted by atomic mass is 35.5. The summed E-state index contributed by atoms with van der Waals surface area (Å²) >= 11 is 0. The molecule has 2 aliphatic rings. The Hall–Kier alpha value is -0.280. The summed E-state index contributed by atoms with van der Waals surface area (Å²) in [7, 11) is 0. The molecule has 0 bridgehead atoms. The Balaban J connectivity index is 0.00000162. The standard InChI is InChI=1S/C14H26N2O.ClH/c1-11(12-7-3-4-8-12)16-13(17)14(2)9-5-6-10-15-14;/h11-12,15H,3-10H2,1-2H3,(H,16,17);1H. The minimum Gasteiger partial charge on any atom is -0.352 e. The van der Waals surface area contributed by atoms with Crippen molar-refractivity contribution in [1.29, 1.82) is 0 Å². The third-order valence-corrected chi connectivity index (χ3v) is 4.59. The SMILES string of the molecule is CC(NC(=O)C1(C)CCCCN1)C1CCCC1.Cl. The van der Waals surface area contributed by atoms with Gasteiger partial charge in [-0.1, -0.05) is 12.8 Å². The predicted octanol–water partition coefficient (Wildman–Crippen LogP) is 2.64. The highest BCUT2D eigenvalue weighted by molar-refractivity contribution is 5.86. The maximum Gasteiger partial charge on any atom is 0.240 e. The average Bonchev–Trinajstić information content (AvgIpc) is 2.83. The Bertz CT molecular complexity index is 271. The molecule has 1 amide bonds. The lowest BCUT2D eigenvalue weighted by Crippen LogP contribution is -2.58.